The van der Waals surface area contributed by atoms with Crippen molar-refractivity contribution in [3.63, 3.8) is 0 Å². The van der Waals surface area contributed by atoms with Gasteiger partial charge in [-0.1, -0.05) is 22.9 Å². The normalized spacial score (nSPS) is 12.4. The van der Waals surface area contributed by atoms with Crippen molar-refractivity contribution < 1.29 is 9.47 Å². The highest BCUT2D eigenvalue weighted by Crippen LogP contribution is 2.15. The fourth-order valence-electron chi connectivity index (χ4n) is 1.49. The van der Waals surface area contributed by atoms with Crippen molar-refractivity contribution in [1.29, 1.82) is 0 Å². The van der Waals surface area contributed by atoms with Crippen LogP contribution in [0.4, 0.5) is 0 Å². The summed E-state index contributed by atoms with van der Waals surface area (Å²) in [5, 5.41) is 3.39. The van der Waals surface area contributed by atoms with Crippen LogP contribution in [0.1, 0.15) is 13.3 Å². The Labute approximate surface area is 112 Å². The van der Waals surface area contributed by atoms with Crippen LogP contribution in [0.2, 0.25) is 0 Å². The second-order valence-electron chi connectivity index (χ2n) is 3.82. The van der Waals surface area contributed by atoms with Crippen LogP contribution in [0.3, 0.4) is 0 Å². The number of benzene rings is 1. The van der Waals surface area contributed by atoms with Crippen molar-refractivity contribution in [3.8, 4) is 5.75 Å². The van der Waals surface area contributed by atoms with E-state index in [-0.39, 0.29) is 0 Å². The highest BCUT2D eigenvalue weighted by Gasteiger charge is 2.03. The van der Waals surface area contributed by atoms with E-state index in [2.05, 4.69) is 28.2 Å². The highest BCUT2D eigenvalue weighted by atomic mass is 79.9. The van der Waals surface area contributed by atoms with Crippen LogP contribution in [-0.4, -0.2) is 32.9 Å². The lowest BCUT2D eigenvalue weighted by atomic mass is 10.2. The summed E-state index contributed by atoms with van der Waals surface area (Å²) in [6.07, 6.45) is 1.06. The van der Waals surface area contributed by atoms with Crippen LogP contribution in [0.5, 0.6) is 5.75 Å². The lowest BCUT2D eigenvalue weighted by Gasteiger charge is -2.16. The second-order valence-corrected chi connectivity index (χ2v) is 4.73. The largest absolute Gasteiger partial charge is 0.492 e. The molecule has 0 aromatic heterocycles. The van der Waals surface area contributed by atoms with Crippen LogP contribution >= 0.6 is 15.9 Å². The number of halogens is 1. The summed E-state index contributed by atoms with van der Waals surface area (Å²) in [5.74, 6) is 0.898. The van der Waals surface area contributed by atoms with Gasteiger partial charge in [0, 0.05) is 24.2 Å². The van der Waals surface area contributed by atoms with Crippen molar-refractivity contribution in [3.05, 3.63) is 28.7 Å². The summed E-state index contributed by atoms with van der Waals surface area (Å²) in [5.41, 5.74) is 0. The van der Waals surface area contributed by atoms with E-state index in [9.17, 15) is 0 Å². The SMILES string of the molecule is CCC(COC)NCCOc1ccc(Br)cc1. The van der Waals surface area contributed by atoms with E-state index in [1.165, 1.54) is 0 Å². The lowest BCUT2D eigenvalue weighted by molar-refractivity contribution is 0.161. The van der Waals surface area contributed by atoms with Gasteiger partial charge in [0.1, 0.15) is 12.4 Å². The van der Waals surface area contributed by atoms with Crippen LogP contribution in [-0.2, 0) is 4.74 Å². The van der Waals surface area contributed by atoms with Gasteiger partial charge in [-0.3, -0.25) is 0 Å². The Kier molecular flexibility index (Phi) is 7.24. The maximum Gasteiger partial charge on any atom is 0.119 e. The molecule has 0 aliphatic heterocycles. The molecule has 3 nitrogen and oxygen atoms in total. The summed E-state index contributed by atoms with van der Waals surface area (Å²) in [6, 6.07) is 8.27. The molecule has 0 saturated carbocycles. The molecular formula is C13H20BrNO2. The van der Waals surface area contributed by atoms with Gasteiger partial charge >= 0.3 is 0 Å². The average molecular weight is 302 g/mol. The first kappa shape index (κ1) is 14.5. The fraction of sp³-hybridized carbons (Fsp3) is 0.538. The molecule has 96 valence electrons. The molecule has 0 spiro atoms. The Balaban J connectivity index is 2.17. The zero-order chi connectivity index (χ0) is 12.5. The monoisotopic (exact) mass is 301 g/mol. The predicted octanol–water partition coefficient (Wildman–Crippen LogP) is 2.84. The molecule has 0 amide bonds. The smallest absolute Gasteiger partial charge is 0.119 e. The van der Waals surface area contributed by atoms with E-state index < -0.39 is 0 Å². The van der Waals surface area contributed by atoms with Crippen molar-refractivity contribution in [2.75, 3.05) is 26.9 Å². The Morgan fingerprint density at radius 2 is 2.00 bits per heavy atom. The van der Waals surface area contributed by atoms with Gasteiger partial charge in [-0.2, -0.15) is 0 Å². The molecule has 0 bridgehead atoms. The molecule has 0 radical (unpaired) electrons. The van der Waals surface area contributed by atoms with E-state index in [1.807, 2.05) is 24.3 Å². The molecular weight excluding hydrogens is 282 g/mol. The first-order valence-electron chi connectivity index (χ1n) is 5.87. The maximum atomic E-state index is 5.61. The molecule has 1 aromatic carbocycles. The molecule has 0 saturated heterocycles. The number of methoxy groups -OCH3 is 1. The van der Waals surface area contributed by atoms with Gasteiger partial charge in [0.05, 0.1) is 6.61 Å². The third kappa shape index (κ3) is 6.05. The van der Waals surface area contributed by atoms with E-state index in [1.54, 1.807) is 7.11 Å². The molecule has 1 aromatic rings. The molecule has 1 rings (SSSR count). The summed E-state index contributed by atoms with van der Waals surface area (Å²) >= 11 is 3.39. The summed E-state index contributed by atoms with van der Waals surface area (Å²) in [4.78, 5) is 0. The quantitative estimate of drug-likeness (QED) is 0.749. The van der Waals surface area contributed by atoms with Gasteiger partial charge in [0.25, 0.3) is 0 Å². The van der Waals surface area contributed by atoms with Gasteiger partial charge in [0.2, 0.25) is 0 Å². The van der Waals surface area contributed by atoms with Gasteiger partial charge < -0.3 is 14.8 Å². The second kappa shape index (κ2) is 8.50. The number of hydrogen-bond donors (Lipinski definition) is 1. The zero-order valence-corrected chi connectivity index (χ0v) is 12.0. The minimum atomic E-state index is 0.411. The van der Waals surface area contributed by atoms with Crippen LogP contribution in [0.25, 0.3) is 0 Å². The Hall–Kier alpha value is -0.580. The average Bonchev–Trinajstić information content (AvgIpc) is 2.35. The van der Waals surface area contributed by atoms with Crippen LogP contribution in [0.15, 0.2) is 28.7 Å². The Bertz CT molecular complexity index is 303. The van der Waals surface area contributed by atoms with E-state index in [0.717, 1.165) is 29.8 Å². The Morgan fingerprint density at radius 1 is 1.29 bits per heavy atom. The van der Waals surface area contributed by atoms with Crippen LogP contribution in [0, 0.1) is 0 Å². The van der Waals surface area contributed by atoms with Gasteiger partial charge in [-0.25, -0.2) is 0 Å². The highest BCUT2D eigenvalue weighted by molar-refractivity contribution is 9.10. The van der Waals surface area contributed by atoms with Crippen molar-refractivity contribution in [2.24, 2.45) is 0 Å². The van der Waals surface area contributed by atoms with E-state index in [0.29, 0.717) is 12.6 Å². The van der Waals surface area contributed by atoms with E-state index in [4.69, 9.17) is 9.47 Å². The molecule has 0 heterocycles. The summed E-state index contributed by atoms with van der Waals surface area (Å²) in [6.45, 7) is 4.39. The minimum Gasteiger partial charge on any atom is -0.492 e. The van der Waals surface area contributed by atoms with E-state index >= 15 is 0 Å². The van der Waals surface area contributed by atoms with Gasteiger partial charge in [0.15, 0.2) is 0 Å². The molecule has 1 unspecified atom stereocenters. The zero-order valence-electron chi connectivity index (χ0n) is 10.4. The minimum absolute atomic E-state index is 0.411. The maximum absolute atomic E-state index is 5.61. The molecule has 4 heteroatoms. The number of ether oxygens (including phenoxy) is 2. The summed E-state index contributed by atoms with van der Waals surface area (Å²) < 4.78 is 11.8. The van der Waals surface area contributed by atoms with Crippen molar-refractivity contribution in [1.82, 2.24) is 5.32 Å². The molecule has 0 aliphatic carbocycles. The standard InChI is InChI=1S/C13H20BrNO2/c1-3-12(10-16-2)15-8-9-17-13-6-4-11(14)5-7-13/h4-7,12,15H,3,8-10H2,1-2H3. The topological polar surface area (TPSA) is 30.5 Å². The fourth-order valence-corrected chi connectivity index (χ4v) is 1.75. The first-order chi connectivity index (χ1) is 8.26. The number of nitrogens with one attached hydrogen (secondary N) is 1. The van der Waals surface area contributed by atoms with Gasteiger partial charge in [-0.15, -0.1) is 0 Å². The number of rotatable bonds is 8. The third-order valence-electron chi connectivity index (χ3n) is 2.48. The number of hydrogen-bond acceptors (Lipinski definition) is 3. The Morgan fingerprint density at radius 3 is 2.59 bits per heavy atom. The third-order valence-corrected chi connectivity index (χ3v) is 3.01. The van der Waals surface area contributed by atoms with Crippen LogP contribution < -0.4 is 10.1 Å². The molecule has 1 N–H and O–H groups in total. The van der Waals surface area contributed by atoms with Gasteiger partial charge in [-0.05, 0) is 30.7 Å². The summed E-state index contributed by atoms with van der Waals surface area (Å²) in [7, 11) is 1.72. The predicted molar refractivity (Wildman–Crippen MR) is 73.6 cm³/mol. The molecule has 1 atom stereocenters. The molecule has 0 fully saturated rings. The molecule has 0 aliphatic rings. The molecule has 17 heavy (non-hydrogen) atoms. The lowest BCUT2D eigenvalue weighted by Crippen LogP contribution is -2.35. The van der Waals surface area contributed by atoms with Crippen molar-refractivity contribution in [2.45, 2.75) is 19.4 Å². The first-order valence-corrected chi connectivity index (χ1v) is 6.66. The van der Waals surface area contributed by atoms with Crippen molar-refractivity contribution >= 4 is 15.9 Å².